The highest BCUT2D eigenvalue weighted by molar-refractivity contribution is 5.43. The molecule has 3 nitrogen and oxygen atoms in total. The number of benzene rings is 1. The average molecular weight is 289 g/mol. The second-order valence-electron chi connectivity index (χ2n) is 5.24. The van der Waals surface area contributed by atoms with Crippen LogP contribution in [-0.4, -0.2) is 16.2 Å². The molecule has 2 rings (SSSR count). The van der Waals surface area contributed by atoms with Crippen molar-refractivity contribution in [2.45, 2.75) is 38.9 Å². The van der Waals surface area contributed by atoms with Gasteiger partial charge in [-0.25, -0.2) is 4.39 Å². The van der Waals surface area contributed by atoms with Crippen LogP contribution in [0.15, 0.2) is 42.6 Å². The number of hydrogen-bond donors (Lipinski definition) is 1. The van der Waals surface area contributed by atoms with Gasteiger partial charge in [0.1, 0.15) is 17.2 Å². The topological polar surface area (TPSA) is 42.4 Å². The number of rotatable bonds is 5. The number of aromatic nitrogens is 1. The van der Waals surface area contributed by atoms with E-state index in [-0.39, 0.29) is 6.10 Å². The van der Waals surface area contributed by atoms with Crippen molar-refractivity contribution in [3.8, 4) is 5.75 Å². The normalized spacial score (nSPS) is 14.0. The summed E-state index contributed by atoms with van der Waals surface area (Å²) in [7, 11) is 0. The number of halogens is 1. The van der Waals surface area contributed by atoms with Gasteiger partial charge >= 0.3 is 0 Å². The Morgan fingerprint density at radius 3 is 2.52 bits per heavy atom. The fourth-order valence-corrected chi connectivity index (χ4v) is 2.30. The summed E-state index contributed by atoms with van der Waals surface area (Å²) < 4.78 is 18.8. The summed E-state index contributed by atoms with van der Waals surface area (Å²) >= 11 is 0. The number of para-hydroxylation sites is 1. The Morgan fingerprint density at radius 1 is 1.24 bits per heavy atom. The highest BCUT2D eigenvalue weighted by Gasteiger charge is 2.34. The molecular formula is C17H20FNO2. The molecule has 0 amide bonds. The van der Waals surface area contributed by atoms with Crippen molar-refractivity contribution >= 4 is 0 Å². The van der Waals surface area contributed by atoms with Gasteiger partial charge in [0.05, 0.1) is 18.0 Å². The summed E-state index contributed by atoms with van der Waals surface area (Å²) in [6.45, 7) is 5.72. The molecule has 0 saturated carbocycles. The van der Waals surface area contributed by atoms with Crippen molar-refractivity contribution in [2.75, 3.05) is 0 Å². The number of hydrogen-bond acceptors (Lipinski definition) is 3. The van der Waals surface area contributed by atoms with Crippen LogP contribution in [0.3, 0.4) is 0 Å². The first-order valence-electron chi connectivity index (χ1n) is 7.08. The number of pyridine rings is 1. The van der Waals surface area contributed by atoms with Crippen LogP contribution in [0.4, 0.5) is 4.39 Å². The predicted octanol–water partition coefficient (Wildman–Crippen LogP) is 3.65. The molecule has 0 aliphatic heterocycles. The third-order valence-electron chi connectivity index (χ3n) is 3.36. The quantitative estimate of drug-likeness (QED) is 0.913. The monoisotopic (exact) mass is 289 g/mol. The molecule has 1 heterocycles. The van der Waals surface area contributed by atoms with Crippen molar-refractivity contribution in [2.24, 2.45) is 0 Å². The molecule has 1 atom stereocenters. The lowest BCUT2D eigenvalue weighted by molar-refractivity contribution is 0.0667. The Labute approximate surface area is 124 Å². The van der Waals surface area contributed by atoms with E-state index in [1.807, 2.05) is 45.0 Å². The standard InChI is InChI=1S/C17H20FNO2/c1-4-17(20,16-10-9-13(18)11-19-16)14-7-5-6-8-15(14)21-12(2)3/h5-12,20H,4H2,1-3H3. The van der Waals surface area contributed by atoms with Crippen molar-refractivity contribution in [3.63, 3.8) is 0 Å². The summed E-state index contributed by atoms with van der Waals surface area (Å²) in [4.78, 5) is 4.04. The molecule has 1 aromatic carbocycles. The van der Waals surface area contributed by atoms with E-state index >= 15 is 0 Å². The minimum Gasteiger partial charge on any atom is -0.491 e. The molecule has 4 heteroatoms. The van der Waals surface area contributed by atoms with Gasteiger partial charge in [-0.3, -0.25) is 4.98 Å². The van der Waals surface area contributed by atoms with Crippen molar-refractivity contribution in [1.29, 1.82) is 0 Å². The van der Waals surface area contributed by atoms with Gasteiger partial charge in [-0.05, 0) is 38.5 Å². The van der Waals surface area contributed by atoms with E-state index in [2.05, 4.69) is 4.98 Å². The van der Waals surface area contributed by atoms with Crippen LogP contribution in [-0.2, 0) is 5.60 Å². The molecule has 0 fully saturated rings. The Hall–Kier alpha value is -1.94. The van der Waals surface area contributed by atoms with Crippen LogP contribution >= 0.6 is 0 Å². The summed E-state index contributed by atoms with van der Waals surface area (Å²) in [5, 5.41) is 11.1. The second-order valence-corrected chi connectivity index (χ2v) is 5.24. The predicted molar refractivity (Wildman–Crippen MR) is 79.7 cm³/mol. The van der Waals surface area contributed by atoms with E-state index in [1.165, 1.54) is 12.1 Å². The minimum absolute atomic E-state index is 0.00608. The highest BCUT2D eigenvalue weighted by atomic mass is 19.1. The SMILES string of the molecule is CCC(O)(c1ccc(F)cn1)c1ccccc1OC(C)C. The summed E-state index contributed by atoms with van der Waals surface area (Å²) in [6.07, 6.45) is 1.51. The highest BCUT2D eigenvalue weighted by Crippen LogP contribution is 2.37. The van der Waals surface area contributed by atoms with Gasteiger partial charge in [-0.2, -0.15) is 0 Å². The number of nitrogens with zero attached hydrogens (tertiary/aromatic N) is 1. The third-order valence-corrected chi connectivity index (χ3v) is 3.36. The maximum atomic E-state index is 13.1. The molecule has 0 bridgehead atoms. The third kappa shape index (κ3) is 3.22. The van der Waals surface area contributed by atoms with Crippen LogP contribution in [0, 0.1) is 5.82 Å². The maximum absolute atomic E-state index is 13.1. The molecule has 0 aliphatic carbocycles. The van der Waals surface area contributed by atoms with Crippen LogP contribution in [0.2, 0.25) is 0 Å². The van der Waals surface area contributed by atoms with Crippen molar-refractivity contribution in [3.05, 3.63) is 59.7 Å². The lowest BCUT2D eigenvalue weighted by atomic mass is 9.86. The van der Waals surface area contributed by atoms with E-state index in [0.717, 1.165) is 6.20 Å². The van der Waals surface area contributed by atoms with Gasteiger partial charge in [0, 0.05) is 5.56 Å². The molecule has 1 N–H and O–H groups in total. The fraction of sp³-hybridized carbons (Fsp3) is 0.353. The largest absolute Gasteiger partial charge is 0.491 e. The van der Waals surface area contributed by atoms with Gasteiger partial charge < -0.3 is 9.84 Å². The van der Waals surface area contributed by atoms with Crippen LogP contribution in [0.5, 0.6) is 5.75 Å². The average Bonchev–Trinajstić information content (AvgIpc) is 2.47. The lowest BCUT2D eigenvalue weighted by Crippen LogP contribution is -2.28. The smallest absolute Gasteiger partial charge is 0.141 e. The molecule has 0 radical (unpaired) electrons. The second kappa shape index (κ2) is 6.22. The minimum atomic E-state index is -1.31. The molecule has 112 valence electrons. The zero-order chi connectivity index (χ0) is 15.5. The molecule has 2 aromatic rings. The summed E-state index contributed by atoms with van der Waals surface area (Å²) in [5.74, 6) is 0.187. The molecule has 1 aromatic heterocycles. The van der Waals surface area contributed by atoms with E-state index in [0.29, 0.717) is 23.4 Å². The van der Waals surface area contributed by atoms with E-state index in [9.17, 15) is 9.50 Å². The molecule has 0 saturated heterocycles. The van der Waals surface area contributed by atoms with Crippen molar-refractivity contribution < 1.29 is 14.2 Å². The Kier molecular flexibility index (Phi) is 4.58. The first-order chi connectivity index (χ1) is 9.97. The zero-order valence-electron chi connectivity index (χ0n) is 12.5. The molecule has 0 aliphatic rings. The van der Waals surface area contributed by atoms with Crippen LogP contribution in [0.25, 0.3) is 0 Å². The maximum Gasteiger partial charge on any atom is 0.141 e. The molecular weight excluding hydrogens is 269 g/mol. The zero-order valence-corrected chi connectivity index (χ0v) is 12.5. The first-order valence-corrected chi connectivity index (χ1v) is 7.08. The van der Waals surface area contributed by atoms with Crippen molar-refractivity contribution in [1.82, 2.24) is 4.98 Å². The molecule has 1 unspecified atom stereocenters. The van der Waals surface area contributed by atoms with Gasteiger partial charge in [-0.1, -0.05) is 25.1 Å². The fourth-order valence-electron chi connectivity index (χ4n) is 2.30. The van der Waals surface area contributed by atoms with E-state index in [4.69, 9.17) is 4.74 Å². The van der Waals surface area contributed by atoms with Gasteiger partial charge in [0.15, 0.2) is 0 Å². The Balaban J connectivity index is 2.52. The number of aliphatic hydroxyl groups is 1. The van der Waals surface area contributed by atoms with Gasteiger partial charge in [0.25, 0.3) is 0 Å². The Bertz CT molecular complexity index is 598. The molecule has 21 heavy (non-hydrogen) atoms. The molecule has 0 spiro atoms. The first kappa shape index (κ1) is 15.4. The van der Waals surface area contributed by atoms with Gasteiger partial charge in [0.2, 0.25) is 0 Å². The van der Waals surface area contributed by atoms with E-state index in [1.54, 1.807) is 0 Å². The van der Waals surface area contributed by atoms with Crippen LogP contribution in [0.1, 0.15) is 38.4 Å². The summed E-state index contributed by atoms with van der Waals surface area (Å²) in [5.41, 5.74) is -0.259. The Morgan fingerprint density at radius 2 is 1.95 bits per heavy atom. The lowest BCUT2D eigenvalue weighted by Gasteiger charge is -2.29. The van der Waals surface area contributed by atoms with Crippen LogP contribution < -0.4 is 4.74 Å². The number of ether oxygens (including phenoxy) is 1. The van der Waals surface area contributed by atoms with Gasteiger partial charge in [-0.15, -0.1) is 0 Å². The summed E-state index contributed by atoms with van der Waals surface area (Å²) in [6, 6.07) is 10.1. The van der Waals surface area contributed by atoms with E-state index < -0.39 is 11.4 Å².